The Labute approximate surface area is 143 Å². The van der Waals surface area contributed by atoms with Gasteiger partial charge in [0.2, 0.25) is 11.8 Å². The van der Waals surface area contributed by atoms with Crippen LogP contribution in [0.3, 0.4) is 0 Å². The predicted molar refractivity (Wildman–Crippen MR) is 87.3 cm³/mol. The van der Waals surface area contributed by atoms with Crippen molar-refractivity contribution >= 4 is 40.9 Å². The van der Waals surface area contributed by atoms with Crippen molar-refractivity contribution in [3.8, 4) is 0 Å². The maximum atomic E-state index is 12.1. The Kier molecular flexibility index (Phi) is 5.85. The zero-order valence-corrected chi connectivity index (χ0v) is 13.9. The number of carbonyl (C=O) groups is 3. The molecule has 0 bridgehead atoms. The number of likely N-dealkylation sites (tertiary alicyclic amines) is 1. The van der Waals surface area contributed by atoms with Crippen LogP contribution in [0.5, 0.6) is 0 Å². The van der Waals surface area contributed by atoms with Gasteiger partial charge >= 0.3 is 0 Å². The summed E-state index contributed by atoms with van der Waals surface area (Å²) < 4.78 is 0. The second-order valence-corrected chi connectivity index (χ2v) is 6.10. The van der Waals surface area contributed by atoms with Crippen molar-refractivity contribution in [2.75, 3.05) is 13.1 Å². The van der Waals surface area contributed by atoms with Gasteiger partial charge in [-0.1, -0.05) is 23.2 Å². The number of hydrogen-bond acceptors (Lipinski definition) is 3. The highest BCUT2D eigenvalue weighted by atomic mass is 35.5. The molecule has 0 aromatic heterocycles. The highest BCUT2D eigenvalue weighted by Gasteiger charge is 2.32. The average molecular weight is 358 g/mol. The minimum Gasteiger partial charge on any atom is -0.368 e. The van der Waals surface area contributed by atoms with Crippen molar-refractivity contribution in [2.24, 2.45) is 5.73 Å². The standard InChI is InChI=1S/C15H17Cl2N3O3/c16-10-4-3-9(8-11(10)17)15(23)19-6-5-13(21)20-7-1-2-12(20)14(18)22/h3-4,8,12H,1-2,5-7H2,(H2,18,22)(H,19,23). The summed E-state index contributed by atoms with van der Waals surface area (Å²) in [5.41, 5.74) is 5.64. The number of hydrogen-bond donors (Lipinski definition) is 2. The molecule has 1 atom stereocenters. The molecule has 0 spiro atoms. The van der Waals surface area contributed by atoms with Crippen molar-refractivity contribution < 1.29 is 14.4 Å². The molecule has 1 aliphatic heterocycles. The van der Waals surface area contributed by atoms with E-state index in [1.54, 1.807) is 6.07 Å². The Morgan fingerprint density at radius 2 is 2.00 bits per heavy atom. The number of nitrogens with zero attached hydrogens (tertiary/aromatic N) is 1. The molecule has 0 saturated carbocycles. The van der Waals surface area contributed by atoms with E-state index >= 15 is 0 Å². The molecule has 1 unspecified atom stereocenters. The third kappa shape index (κ3) is 4.36. The Balaban J connectivity index is 1.84. The van der Waals surface area contributed by atoms with Gasteiger partial charge in [-0.3, -0.25) is 14.4 Å². The molecule has 0 radical (unpaired) electrons. The molecule has 3 amide bonds. The fourth-order valence-electron chi connectivity index (χ4n) is 2.53. The lowest BCUT2D eigenvalue weighted by Crippen LogP contribution is -2.44. The van der Waals surface area contributed by atoms with E-state index in [4.69, 9.17) is 28.9 Å². The van der Waals surface area contributed by atoms with Gasteiger partial charge < -0.3 is 16.0 Å². The summed E-state index contributed by atoms with van der Waals surface area (Å²) in [6.45, 7) is 0.688. The van der Waals surface area contributed by atoms with Crippen molar-refractivity contribution in [1.82, 2.24) is 10.2 Å². The van der Waals surface area contributed by atoms with Crippen LogP contribution in [0.2, 0.25) is 10.0 Å². The largest absolute Gasteiger partial charge is 0.368 e. The molecule has 6 nitrogen and oxygen atoms in total. The van der Waals surface area contributed by atoms with Crippen LogP contribution < -0.4 is 11.1 Å². The first kappa shape index (κ1) is 17.6. The van der Waals surface area contributed by atoms with Gasteiger partial charge in [0.1, 0.15) is 6.04 Å². The van der Waals surface area contributed by atoms with Crippen LogP contribution >= 0.6 is 23.2 Å². The molecule has 1 aromatic rings. The van der Waals surface area contributed by atoms with E-state index in [1.165, 1.54) is 17.0 Å². The molecule has 8 heteroatoms. The number of rotatable bonds is 5. The van der Waals surface area contributed by atoms with Crippen LogP contribution in [-0.2, 0) is 9.59 Å². The number of primary amides is 1. The molecule has 1 aromatic carbocycles. The van der Waals surface area contributed by atoms with Gasteiger partial charge in [0.05, 0.1) is 10.0 Å². The Bertz CT molecular complexity index is 636. The van der Waals surface area contributed by atoms with Crippen molar-refractivity contribution in [3.63, 3.8) is 0 Å². The summed E-state index contributed by atoms with van der Waals surface area (Å²) >= 11 is 11.6. The van der Waals surface area contributed by atoms with E-state index < -0.39 is 11.9 Å². The molecule has 1 heterocycles. The maximum Gasteiger partial charge on any atom is 0.251 e. The van der Waals surface area contributed by atoms with E-state index in [0.29, 0.717) is 23.6 Å². The fourth-order valence-corrected chi connectivity index (χ4v) is 2.83. The lowest BCUT2D eigenvalue weighted by atomic mass is 10.2. The number of nitrogens with one attached hydrogen (secondary N) is 1. The molecule has 1 saturated heterocycles. The lowest BCUT2D eigenvalue weighted by molar-refractivity contribution is -0.137. The third-order valence-electron chi connectivity index (χ3n) is 3.71. The summed E-state index contributed by atoms with van der Waals surface area (Å²) in [7, 11) is 0. The van der Waals surface area contributed by atoms with E-state index in [1.807, 2.05) is 0 Å². The van der Waals surface area contributed by atoms with Crippen molar-refractivity contribution in [1.29, 1.82) is 0 Å². The first-order valence-electron chi connectivity index (χ1n) is 7.22. The number of benzene rings is 1. The monoisotopic (exact) mass is 357 g/mol. The molecule has 3 N–H and O–H groups in total. The smallest absolute Gasteiger partial charge is 0.251 e. The van der Waals surface area contributed by atoms with Crippen LogP contribution in [0.4, 0.5) is 0 Å². The quantitative estimate of drug-likeness (QED) is 0.837. The van der Waals surface area contributed by atoms with Crippen LogP contribution in [-0.4, -0.2) is 41.8 Å². The average Bonchev–Trinajstić information content (AvgIpc) is 2.99. The first-order valence-corrected chi connectivity index (χ1v) is 7.98. The molecule has 23 heavy (non-hydrogen) atoms. The number of nitrogens with two attached hydrogens (primary N) is 1. The Morgan fingerprint density at radius 1 is 1.26 bits per heavy atom. The lowest BCUT2D eigenvalue weighted by Gasteiger charge is -2.22. The van der Waals surface area contributed by atoms with Gasteiger partial charge in [0.15, 0.2) is 0 Å². The van der Waals surface area contributed by atoms with Crippen LogP contribution in [0, 0.1) is 0 Å². The summed E-state index contributed by atoms with van der Waals surface area (Å²) in [6, 6.07) is 4.01. The molecule has 0 aliphatic carbocycles. The van der Waals surface area contributed by atoms with Gasteiger partial charge in [0, 0.05) is 25.1 Å². The van der Waals surface area contributed by atoms with Gasteiger partial charge in [-0.25, -0.2) is 0 Å². The predicted octanol–water partition coefficient (Wildman–Crippen LogP) is 1.59. The number of carbonyl (C=O) groups excluding carboxylic acids is 3. The molecule has 124 valence electrons. The molecular weight excluding hydrogens is 341 g/mol. The normalized spacial score (nSPS) is 17.1. The maximum absolute atomic E-state index is 12.1. The third-order valence-corrected chi connectivity index (χ3v) is 4.45. The first-order chi connectivity index (χ1) is 10.9. The fraction of sp³-hybridized carbons (Fsp3) is 0.400. The number of amides is 3. The van der Waals surface area contributed by atoms with Crippen LogP contribution in [0.25, 0.3) is 0 Å². The Hall–Kier alpha value is -1.79. The van der Waals surface area contributed by atoms with Crippen molar-refractivity contribution in [3.05, 3.63) is 33.8 Å². The zero-order valence-electron chi connectivity index (χ0n) is 12.4. The van der Waals surface area contributed by atoms with Gasteiger partial charge in [-0.15, -0.1) is 0 Å². The minimum absolute atomic E-state index is 0.108. The van der Waals surface area contributed by atoms with E-state index in [2.05, 4.69) is 5.32 Å². The molecule has 1 fully saturated rings. The minimum atomic E-state index is -0.534. The molecule has 2 rings (SSSR count). The SMILES string of the molecule is NC(=O)C1CCCN1C(=O)CCNC(=O)c1ccc(Cl)c(Cl)c1. The van der Waals surface area contributed by atoms with Crippen LogP contribution in [0.1, 0.15) is 29.6 Å². The second kappa shape index (κ2) is 7.66. The van der Waals surface area contributed by atoms with Gasteiger partial charge in [0.25, 0.3) is 5.91 Å². The number of halogens is 2. The Morgan fingerprint density at radius 3 is 2.65 bits per heavy atom. The van der Waals surface area contributed by atoms with E-state index in [-0.39, 0.29) is 29.8 Å². The van der Waals surface area contributed by atoms with E-state index in [0.717, 1.165) is 6.42 Å². The van der Waals surface area contributed by atoms with E-state index in [9.17, 15) is 14.4 Å². The van der Waals surface area contributed by atoms with Crippen molar-refractivity contribution in [2.45, 2.75) is 25.3 Å². The summed E-state index contributed by atoms with van der Waals surface area (Å²) in [5, 5.41) is 3.29. The van der Waals surface area contributed by atoms with Gasteiger partial charge in [-0.05, 0) is 31.0 Å². The highest BCUT2D eigenvalue weighted by molar-refractivity contribution is 6.42. The molecular formula is C15H17Cl2N3O3. The highest BCUT2D eigenvalue weighted by Crippen LogP contribution is 2.22. The summed E-state index contributed by atoms with van der Waals surface area (Å²) in [6.07, 6.45) is 1.46. The topological polar surface area (TPSA) is 92.5 Å². The van der Waals surface area contributed by atoms with Crippen LogP contribution in [0.15, 0.2) is 18.2 Å². The summed E-state index contributed by atoms with van der Waals surface area (Å²) in [4.78, 5) is 36.8. The second-order valence-electron chi connectivity index (χ2n) is 5.28. The summed E-state index contributed by atoms with van der Waals surface area (Å²) in [5.74, 6) is -1.03. The van der Waals surface area contributed by atoms with Gasteiger partial charge in [-0.2, -0.15) is 0 Å². The molecule has 1 aliphatic rings. The zero-order chi connectivity index (χ0) is 17.0.